The van der Waals surface area contributed by atoms with Gasteiger partial charge in [0.25, 0.3) is 0 Å². The molecule has 0 saturated carbocycles. The van der Waals surface area contributed by atoms with Crippen LogP contribution in [0.3, 0.4) is 0 Å². The molecule has 1 aliphatic heterocycles. The molecule has 1 atom stereocenters. The zero-order valence-electron chi connectivity index (χ0n) is 11.8. The molecule has 16 heavy (non-hydrogen) atoms. The molecule has 96 valence electrons. The van der Waals surface area contributed by atoms with E-state index in [1.54, 1.807) is 0 Å². The first-order valence-electron chi connectivity index (χ1n) is 6.92. The molecule has 0 spiro atoms. The summed E-state index contributed by atoms with van der Waals surface area (Å²) in [5, 5.41) is 3.64. The minimum absolute atomic E-state index is 0.406. The van der Waals surface area contributed by atoms with Crippen molar-refractivity contribution < 1.29 is 0 Å². The van der Waals surface area contributed by atoms with E-state index >= 15 is 0 Å². The molecule has 0 amide bonds. The molecule has 1 rings (SSSR count). The first-order chi connectivity index (χ1) is 7.45. The summed E-state index contributed by atoms with van der Waals surface area (Å²) >= 11 is 0. The zero-order chi connectivity index (χ0) is 12.2. The lowest BCUT2D eigenvalue weighted by atomic mass is 9.85. The van der Waals surface area contributed by atoms with E-state index in [4.69, 9.17) is 0 Å². The predicted molar refractivity (Wildman–Crippen MR) is 71.8 cm³/mol. The lowest BCUT2D eigenvalue weighted by Gasteiger charge is -2.42. The fraction of sp³-hybridized carbons (Fsp3) is 1.00. The summed E-state index contributed by atoms with van der Waals surface area (Å²) in [7, 11) is 0. The number of hydrogen-bond acceptors (Lipinski definition) is 2. The average molecular weight is 226 g/mol. The number of piperidine rings is 1. The van der Waals surface area contributed by atoms with E-state index in [1.807, 2.05) is 0 Å². The highest BCUT2D eigenvalue weighted by atomic mass is 15.2. The van der Waals surface area contributed by atoms with Crippen molar-refractivity contribution in [3.63, 3.8) is 0 Å². The molecule has 2 nitrogen and oxygen atoms in total. The summed E-state index contributed by atoms with van der Waals surface area (Å²) in [5.74, 6) is 0. The van der Waals surface area contributed by atoms with Crippen LogP contribution >= 0.6 is 0 Å². The largest absolute Gasteiger partial charge is 0.314 e. The minimum atomic E-state index is 0.406. The van der Waals surface area contributed by atoms with Crippen LogP contribution in [0.1, 0.15) is 53.9 Å². The molecule has 0 bridgehead atoms. The van der Waals surface area contributed by atoms with Crippen molar-refractivity contribution in [1.29, 1.82) is 0 Å². The Morgan fingerprint density at radius 2 is 1.81 bits per heavy atom. The van der Waals surface area contributed by atoms with Gasteiger partial charge >= 0.3 is 0 Å². The topological polar surface area (TPSA) is 15.3 Å². The highest BCUT2D eigenvalue weighted by Crippen LogP contribution is 2.26. The van der Waals surface area contributed by atoms with Crippen LogP contribution in [0.4, 0.5) is 0 Å². The second-order valence-electron chi connectivity index (χ2n) is 6.31. The highest BCUT2D eigenvalue weighted by molar-refractivity contribution is 4.85. The fourth-order valence-corrected chi connectivity index (χ4v) is 2.39. The Hall–Kier alpha value is -0.0800. The first-order valence-corrected chi connectivity index (χ1v) is 6.92. The third-order valence-electron chi connectivity index (χ3n) is 4.01. The summed E-state index contributed by atoms with van der Waals surface area (Å²) in [6.07, 6.45) is 3.89. The van der Waals surface area contributed by atoms with Crippen molar-refractivity contribution >= 4 is 0 Å². The fourth-order valence-electron chi connectivity index (χ4n) is 2.39. The van der Waals surface area contributed by atoms with Gasteiger partial charge in [-0.3, -0.25) is 0 Å². The van der Waals surface area contributed by atoms with E-state index in [0.717, 1.165) is 6.04 Å². The number of likely N-dealkylation sites (tertiary alicyclic amines) is 1. The third-order valence-corrected chi connectivity index (χ3v) is 4.01. The van der Waals surface area contributed by atoms with Gasteiger partial charge in [0.05, 0.1) is 0 Å². The molecule has 2 heteroatoms. The average Bonchev–Trinajstić information content (AvgIpc) is 2.25. The Kier molecular flexibility index (Phi) is 5.26. The molecule has 1 unspecified atom stereocenters. The van der Waals surface area contributed by atoms with Crippen LogP contribution in [-0.4, -0.2) is 36.6 Å². The van der Waals surface area contributed by atoms with E-state index < -0.39 is 0 Å². The van der Waals surface area contributed by atoms with E-state index in [2.05, 4.69) is 44.8 Å². The van der Waals surface area contributed by atoms with E-state index in [1.165, 1.54) is 38.9 Å². The molecule has 0 aromatic heterocycles. The van der Waals surface area contributed by atoms with Gasteiger partial charge in [0, 0.05) is 12.1 Å². The lowest BCUT2D eigenvalue weighted by Crippen LogP contribution is -2.49. The van der Waals surface area contributed by atoms with Crippen LogP contribution in [0, 0.1) is 5.41 Å². The van der Waals surface area contributed by atoms with Gasteiger partial charge in [-0.05, 0) is 51.2 Å². The molecule has 1 fully saturated rings. The van der Waals surface area contributed by atoms with Crippen LogP contribution in [0.15, 0.2) is 0 Å². The van der Waals surface area contributed by atoms with Gasteiger partial charge in [-0.25, -0.2) is 0 Å². The summed E-state index contributed by atoms with van der Waals surface area (Å²) in [6.45, 7) is 15.4. The maximum atomic E-state index is 3.64. The molecule has 0 aromatic carbocycles. The monoisotopic (exact) mass is 226 g/mol. The first kappa shape index (κ1) is 14.0. The number of rotatable bonds is 4. The lowest BCUT2D eigenvalue weighted by molar-refractivity contribution is 0.0823. The van der Waals surface area contributed by atoms with Crippen LogP contribution < -0.4 is 5.32 Å². The van der Waals surface area contributed by atoms with Gasteiger partial charge in [0.15, 0.2) is 0 Å². The Bertz CT molecular complexity index is 187. The van der Waals surface area contributed by atoms with E-state index in [9.17, 15) is 0 Å². The molecule has 1 saturated heterocycles. The van der Waals surface area contributed by atoms with Crippen molar-refractivity contribution in [2.45, 2.75) is 66.0 Å². The quantitative estimate of drug-likeness (QED) is 0.793. The molecule has 0 aliphatic carbocycles. The van der Waals surface area contributed by atoms with Crippen molar-refractivity contribution in [1.82, 2.24) is 10.2 Å². The van der Waals surface area contributed by atoms with E-state index in [-0.39, 0.29) is 0 Å². The van der Waals surface area contributed by atoms with Crippen molar-refractivity contribution in [2.75, 3.05) is 19.6 Å². The summed E-state index contributed by atoms with van der Waals surface area (Å²) in [6, 6.07) is 1.46. The molecule has 1 aliphatic rings. The normalized spacial score (nSPS) is 22.3. The van der Waals surface area contributed by atoms with E-state index in [0.29, 0.717) is 11.5 Å². The second kappa shape index (κ2) is 6.02. The van der Waals surface area contributed by atoms with Gasteiger partial charge in [-0.15, -0.1) is 0 Å². The van der Waals surface area contributed by atoms with Crippen molar-refractivity contribution in [2.24, 2.45) is 5.41 Å². The van der Waals surface area contributed by atoms with Gasteiger partial charge in [-0.1, -0.05) is 27.7 Å². The zero-order valence-corrected chi connectivity index (χ0v) is 11.8. The molecular formula is C14H30N2. The van der Waals surface area contributed by atoms with Crippen molar-refractivity contribution in [3.8, 4) is 0 Å². The summed E-state index contributed by atoms with van der Waals surface area (Å²) < 4.78 is 0. The smallest absolute Gasteiger partial charge is 0.0115 e. The summed E-state index contributed by atoms with van der Waals surface area (Å²) in [4.78, 5) is 2.66. The summed E-state index contributed by atoms with van der Waals surface area (Å²) in [5.41, 5.74) is 0.406. The maximum Gasteiger partial charge on any atom is 0.0115 e. The number of nitrogens with zero attached hydrogens (tertiary/aromatic N) is 1. The molecule has 0 aromatic rings. The van der Waals surface area contributed by atoms with Crippen LogP contribution in [-0.2, 0) is 0 Å². The Balaban J connectivity index is 2.31. The van der Waals surface area contributed by atoms with Gasteiger partial charge in [0.2, 0.25) is 0 Å². The third kappa shape index (κ3) is 4.06. The standard InChI is InChI=1S/C14H30N2/c1-6-9-15-13-7-10-16(11-8-13)12(2)14(3,4)5/h12-13,15H,6-11H2,1-5H3. The second-order valence-corrected chi connectivity index (χ2v) is 6.31. The molecular weight excluding hydrogens is 196 g/mol. The molecule has 1 N–H and O–H groups in total. The number of nitrogens with one attached hydrogen (secondary N) is 1. The molecule has 0 radical (unpaired) electrons. The molecule has 1 heterocycles. The van der Waals surface area contributed by atoms with Gasteiger partial charge < -0.3 is 10.2 Å². The van der Waals surface area contributed by atoms with Gasteiger partial charge in [-0.2, -0.15) is 0 Å². The Labute approximate surface area is 102 Å². The Morgan fingerprint density at radius 3 is 2.25 bits per heavy atom. The van der Waals surface area contributed by atoms with Crippen LogP contribution in [0.2, 0.25) is 0 Å². The van der Waals surface area contributed by atoms with Crippen LogP contribution in [0.5, 0.6) is 0 Å². The number of hydrogen-bond donors (Lipinski definition) is 1. The SMILES string of the molecule is CCCNC1CCN(C(C)C(C)(C)C)CC1. The minimum Gasteiger partial charge on any atom is -0.314 e. The highest BCUT2D eigenvalue weighted by Gasteiger charge is 2.29. The predicted octanol–water partition coefficient (Wildman–Crippen LogP) is 2.89. The Morgan fingerprint density at radius 1 is 1.25 bits per heavy atom. The van der Waals surface area contributed by atoms with Gasteiger partial charge in [0.1, 0.15) is 0 Å². The van der Waals surface area contributed by atoms with Crippen molar-refractivity contribution in [3.05, 3.63) is 0 Å². The maximum absolute atomic E-state index is 3.64. The van der Waals surface area contributed by atoms with Crippen LogP contribution in [0.25, 0.3) is 0 Å².